The Labute approximate surface area is 246 Å². The van der Waals surface area contributed by atoms with Crippen LogP contribution < -0.4 is 15.5 Å². The molecule has 4 aromatic carbocycles. The number of anilines is 3. The number of morpholine rings is 1. The zero-order valence-electron chi connectivity index (χ0n) is 23.7. The van der Waals surface area contributed by atoms with Gasteiger partial charge in [-0.3, -0.25) is 10.3 Å². The Morgan fingerprint density at radius 2 is 1.64 bits per heavy atom. The number of ether oxygens (including phenoxy) is 2. The van der Waals surface area contributed by atoms with Crippen LogP contribution in [0.15, 0.2) is 96.1 Å². The minimum absolute atomic E-state index is 0.603. The van der Waals surface area contributed by atoms with Gasteiger partial charge in [0.1, 0.15) is 18.2 Å². The van der Waals surface area contributed by atoms with E-state index in [-0.39, 0.29) is 0 Å². The second-order valence-electron chi connectivity index (χ2n) is 10.2. The first-order chi connectivity index (χ1) is 20.7. The van der Waals surface area contributed by atoms with Crippen LogP contribution >= 0.6 is 0 Å². The van der Waals surface area contributed by atoms with E-state index in [1.165, 1.54) is 5.56 Å². The van der Waals surface area contributed by atoms with E-state index in [0.717, 1.165) is 77.6 Å². The van der Waals surface area contributed by atoms with E-state index in [0.29, 0.717) is 18.2 Å². The maximum atomic E-state index is 6.16. The van der Waals surface area contributed by atoms with E-state index < -0.39 is 0 Å². The Morgan fingerprint density at radius 1 is 0.881 bits per heavy atom. The Balaban J connectivity index is 1.31. The topological polar surface area (TPSA) is 83.9 Å². The fourth-order valence-corrected chi connectivity index (χ4v) is 5.07. The summed E-state index contributed by atoms with van der Waals surface area (Å²) in [5, 5.41) is 8.21. The molecule has 2 N–H and O–H groups in total. The Bertz CT molecular complexity index is 1670. The average molecular weight is 559 g/mol. The molecule has 0 radical (unpaired) electrons. The second kappa shape index (κ2) is 12.8. The number of hydrogen-bond donors (Lipinski definition) is 2. The largest absolute Gasteiger partial charge is 0.492 e. The van der Waals surface area contributed by atoms with Crippen molar-refractivity contribution >= 4 is 34.8 Å². The third-order valence-electron chi connectivity index (χ3n) is 7.39. The maximum Gasteiger partial charge on any atom is 0.162 e. The van der Waals surface area contributed by atoms with Crippen LogP contribution in [0.2, 0.25) is 0 Å². The van der Waals surface area contributed by atoms with Crippen molar-refractivity contribution in [3.63, 3.8) is 0 Å². The average Bonchev–Trinajstić information content (AvgIpc) is 3.03. The summed E-state index contributed by atoms with van der Waals surface area (Å²) in [6.07, 6.45) is 0. The van der Waals surface area contributed by atoms with Crippen LogP contribution in [0.3, 0.4) is 0 Å². The highest BCUT2D eigenvalue weighted by Gasteiger charge is 2.14. The molecule has 1 saturated heterocycles. The van der Waals surface area contributed by atoms with Crippen molar-refractivity contribution in [2.45, 2.75) is 6.92 Å². The van der Waals surface area contributed by atoms with Gasteiger partial charge in [0.25, 0.3) is 0 Å². The monoisotopic (exact) mass is 558 g/mol. The Morgan fingerprint density at radius 3 is 2.40 bits per heavy atom. The van der Waals surface area contributed by atoms with Crippen LogP contribution in [-0.2, 0) is 4.74 Å². The van der Waals surface area contributed by atoms with Gasteiger partial charge in [0, 0.05) is 43.0 Å². The van der Waals surface area contributed by atoms with E-state index in [9.17, 15) is 0 Å². The van der Waals surface area contributed by atoms with Crippen molar-refractivity contribution in [2.24, 2.45) is 5.10 Å². The predicted octanol–water partition coefficient (Wildman–Crippen LogP) is 6.75. The fraction of sp³-hybridized carbons (Fsp3) is 0.206. The number of hydrazone groups is 1. The van der Waals surface area contributed by atoms with Crippen molar-refractivity contribution in [1.82, 2.24) is 14.9 Å². The number of benzene rings is 4. The Kier molecular flexibility index (Phi) is 8.35. The van der Waals surface area contributed by atoms with Crippen molar-refractivity contribution in [3.05, 3.63) is 96.6 Å². The fourth-order valence-electron chi connectivity index (χ4n) is 5.07. The third-order valence-corrected chi connectivity index (χ3v) is 7.39. The lowest BCUT2D eigenvalue weighted by Gasteiger charge is -2.26. The summed E-state index contributed by atoms with van der Waals surface area (Å²) in [5.74, 6) is 2.15. The van der Waals surface area contributed by atoms with Crippen LogP contribution in [0, 0.1) is 6.92 Å². The smallest absolute Gasteiger partial charge is 0.162 e. The molecule has 0 unspecified atom stereocenters. The van der Waals surface area contributed by atoms with Gasteiger partial charge in [0.2, 0.25) is 0 Å². The van der Waals surface area contributed by atoms with E-state index >= 15 is 0 Å². The summed E-state index contributed by atoms with van der Waals surface area (Å²) in [6, 6.07) is 30.7. The summed E-state index contributed by atoms with van der Waals surface area (Å²) >= 11 is 0. The first kappa shape index (κ1) is 27.4. The van der Waals surface area contributed by atoms with Gasteiger partial charge in [0.15, 0.2) is 5.82 Å². The lowest BCUT2D eigenvalue weighted by molar-refractivity contribution is 0.0322. The molecule has 0 bridgehead atoms. The van der Waals surface area contributed by atoms with E-state index in [1.54, 1.807) is 0 Å². The highest BCUT2D eigenvalue weighted by Crippen LogP contribution is 2.32. The van der Waals surface area contributed by atoms with Crippen molar-refractivity contribution in [1.29, 1.82) is 0 Å². The molecular weight excluding hydrogens is 524 g/mol. The maximum absolute atomic E-state index is 6.16. The summed E-state index contributed by atoms with van der Waals surface area (Å²) in [7, 11) is 0. The molecular formula is C34H34N6O2. The number of nitrogens with zero attached hydrogens (tertiary/aromatic N) is 4. The number of hydrogen-bond acceptors (Lipinski definition) is 8. The molecule has 6 rings (SSSR count). The minimum Gasteiger partial charge on any atom is -0.492 e. The van der Waals surface area contributed by atoms with Gasteiger partial charge in [0.05, 0.1) is 24.4 Å². The highest BCUT2D eigenvalue weighted by molar-refractivity contribution is 5.93. The van der Waals surface area contributed by atoms with Gasteiger partial charge in [-0.1, -0.05) is 54.6 Å². The van der Waals surface area contributed by atoms with Crippen LogP contribution in [0.5, 0.6) is 5.75 Å². The molecule has 0 amide bonds. The highest BCUT2D eigenvalue weighted by atomic mass is 16.5. The second-order valence-corrected chi connectivity index (χ2v) is 10.2. The Hall–Kier alpha value is -4.79. The van der Waals surface area contributed by atoms with Crippen molar-refractivity contribution in [3.8, 4) is 28.3 Å². The number of aromatic nitrogens is 2. The molecule has 1 aromatic heterocycles. The van der Waals surface area contributed by atoms with Gasteiger partial charge in [-0.15, -0.1) is 0 Å². The van der Waals surface area contributed by atoms with E-state index in [2.05, 4.69) is 69.9 Å². The molecule has 2 heterocycles. The molecule has 5 aromatic rings. The molecule has 1 fully saturated rings. The first-order valence-electron chi connectivity index (χ1n) is 14.2. The zero-order chi connectivity index (χ0) is 28.7. The molecule has 0 atom stereocenters. The molecule has 1 aliphatic rings. The van der Waals surface area contributed by atoms with Crippen molar-refractivity contribution in [2.75, 3.05) is 50.2 Å². The summed E-state index contributed by atoms with van der Waals surface area (Å²) < 4.78 is 11.6. The lowest BCUT2D eigenvalue weighted by atomic mass is 10.0. The first-order valence-corrected chi connectivity index (χ1v) is 14.2. The van der Waals surface area contributed by atoms with Crippen LogP contribution in [0.1, 0.15) is 5.56 Å². The van der Waals surface area contributed by atoms with Crippen LogP contribution in [0.25, 0.3) is 33.4 Å². The molecule has 1 aliphatic heterocycles. The third kappa shape index (κ3) is 6.40. The molecule has 42 heavy (non-hydrogen) atoms. The van der Waals surface area contributed by atoms with Gasteiger partial charge >= 0.3 is 0 Å². The van der Waals surface area contributed by atoms with E-state index in [4.69, 9.17) is 19.4 Å². The SMILES string of the molecule is C=NNc1ccc(Nc2nc(-c3ccc(-c4ccccc4)cc3)nc3ccc(OCCN4CCOCC4)cc23)cc1C. The van der Waals surface area contributed by atoms with Gasteiger partial charge < -0.3 is 14.8 Å². The number of nitrogens with one attached hydrogen (secondary N) is 2. The summed E-state index contributed by atoms with van der Waals surface area (Å²) in [5.41, 5.74) is 9.87. The normalized spacial score (nSPS) is 13.5. The van der Waals surface area contributed by atoms with Gasteiger partial charge in [-0.05, 0) is 60.0 Å². The van der Waals surface area contributed by atoms with Crippen LogP contribution in [0.4, 0.5) is 17.2 Å². The number of aryl methyl sites for hydroxylation is 1. The molecule has 8 nitrogen and oxygen atoms in total. The zero-order valence-corrected chi connectivity index (χ0v) is 23.7. The standard InChI is InChI=1S/C34H34N6O2/c1-24-22-28(12-14-31(24)39-35-2)36-34-30-23-29(42-21-18-40-16-19-41-20-17-40)13-15-32(30)37-33(38-34)27-10-8-26(9-11-27)25-6-4-3-5-7-25/h3-15,22-23,39H,2,16-21H2,1H3,(H,36,37,38). The van der Waals surface area contributed by atoms with Crippen LogP contribution in [-0.4, -0.2) is 61.0 Å². The number of fused-ring (bicyclic) bond motifs is 1. The lowest BCUT2D eigenvalue weighted by Crippen LogP contribution is -2.38. The molecule has 0 aliphatic carbocycles. The predicted molar refractivity (Wildman–Crippen MR) is 171 cm³/mol. The minimum atomic E-state index is 0.603. The quantitative estimate of drug-likeness (QED) is 0.145. The van der Waals surface area contributed by atoms with E-state index in [1.807, 2.05) is 55.5 Å². The molecule has 0 spiro atoms. The summed E-state index contributed by atoms with van der Waals surface area (Å²) in [4.78, 5) is 12.3. The van der Waals surface area contributed by atoms with Gasteiger partial charge in [-0.2, -0.15) is 5.10 Å². The molecule has 212 valence electrons. The molecule has 0 saturated carbocycles. The van der Waals surface area contributed by atoms with Crippen molar-refractivity contribution < 1.29 is 9.47 Å². The number of rotatable bonds is 10. The van der Waals surface area contributed by atoms with Gasteiger partial charge in [-0.25, -0.2) is 9.97 Å². The summed E-state index contributed by atoms with van der Waals surface area (Å²) in [6.45, 7) is 10.4. The molecule has 8 heteroatoms.